The molecule has 25 heavy (non-hydrogen) atoms. The van der Waals surface area contributed by atoms with Gasteiger partial charge in [0.05, 0.1) is 4.90 Å². The van der Waals surface area contributed by atoms with Gasteiger partial charge in [0, 0.05) is 26.2 Å². The summed E-state index contributed by atoms with van der Waals surface area (Å²) in [6.07, 6.45) is 4.83. The Kier molecular flexibility index (Phi) is 6.04. The van der Waals surface area contributed by atoms with E-state index >= 15 is 0 Å². The van der Waals surface area contributed by atoms with Crippen molar-refractivity contribution >= 4 is 9.84 Å². The van der Waals surface area contributed by atoms with Crippen LogP contribution >= 0.6 is 0 Å². The number of sulfone groups is 1. The van der Waals surface area contributed by atoms with Crippen molar-refractivity contribution in [1.82, 2.24) is 10.2 Å². The van der Waals surface area contributed by atoms with E-state index in [1.807, 2.05) is 12.3 Å². The maximum absolute atomic E-state index is 12.7. The Bertz CT molecular complexity index is 789. The number of hydrogen-bond acceptors (Lipinski definition) is 5. The third kappa shape index (κ3) is 4.94. The average Bonchev–Trinajstić information content (AvgIpc) is 2.59. The third-order valence-electron chi connectivity index (χ3n) is 4.13. The van der Waals surface area contributed by atoms with Crippen LogP contribution in [0.2, 0.25) is 0 Å². The number of nitriles is 1. The molecule has 0 unspecified atom stereocenters. The fourth-order valence-corrected chi connectivity index (χ4v) is 3.66. The topological polar surface area (TPSA) is 73.2 Å². The molecular weight excluding hydrogens is 334 g/mol. The Morgan fingerprint density at radius 2 is 1.80 bits per heavy atom. The number of benzene rings is 1. The third-order valence-corrected chi connectivity index (χ3v) is 5.83. The molecule has 0 atom stereocenters. The second kappa shape index (κ2) is 7.85. The van der Waals surface area contributed by atoms with Crippen molar-refractivity contribution in [2.75, 3.05) is 26.2 Å². The van der Waals surface area contributed by atoms with Crippen LogP contribution in [0.1, 0.15) is 26.3 Å². The number of allylic oxidation sites excluding steroid dienone is 3. The molecule has 0 amide bonds. The van der Waals surface area contributed by atoms with E-state index in [1.165, 1.54) is 6.08 Å². The lowest BCUT2D eigenvalue weighted by Gasteiger charge is -2.25. The van der Waals surface area contributed by atoms with Crippen LogP contribution in [0.15, 0.2) is 52.4 Å². The zero-order valence-electron chi connectivity index (χ0n) is 15.0. The standard InChI is InChI=1S/C19H25N3O2S/c1-19(2,3)16-6-8-17(9-7-16)25(23,24)18(15-20)5-4-12-22-13-10-21-11-14-22/h4-9,12,21H,10-11,13-14H2,1-3H3. The predicted octanol–water partition coefficient (Wildman–Crippen LogP) is 2.58. The van der Waals surface area contributed by atoms with Crippen molar-refractivity contribution in [3.63, 3.8) is 0 Å². The average molecular weight is 359 g/mol. The molecule has 0 aromatic heterocycles. The van der Waals surface area contributed by atoms with Crippen molar-refractivity contribution in [2.45, 2.75) is 31.1 Å². The van der Waals surface area contributed by atoms with Crippen LogP contribution in [0.25, 0.3) is 0 Å². The molecule has 134 valence electrons. The van der Waals surface area contributed by atoms with E-state index < -0.39 is 9.84 Å². The molecule has 0 aliphatic carbocycles. The van der Waals surface area contributed by atoms with Gasteiger partial charge in [0.25, 0.3) is 0 Å². The number of nitrogens with zero attached hydrogens (tertiary/aromatic N) is 2. The highest BCUT2D eigenvalue weighted by Crippen LogP contribution is 2.25. The van der Waals surface area contributed by atoms with Gasteiger partial charge in [-0.15, -0.1) is 0 Å². The molecule has 2 rings (SSSR count). The van der Waals surface area contributed by atoms with Crippen molar-refractivity contribution in [1.29, 1.82) is 5.26 Å². The molecule has 0 saturated carbocycles. The smallest absolute Gasteiger partial charge is 0.216 e. The quantitative estimate of drug-likeness (QED) is 0.661. The van der Waals surface area contributed by atoms with Gasteiger partial charge >= 0.3 is 0 Å². The summed E-state index contributed by atoms with van der Waals surface area (Å²) in [4.78, 5) is 1.98. The summed E-state index contributed by atoms with van der Waals surface area (Å²) in [5.41, 5.74) is 0.995. The van der Waals surface area contributed by atoms with Crippen LogP contribution in [0.5, 0.6) is 0 Å². The minimum Gasteiger partial charge on any atom is -0.375 e. The van der Waals surface area contributed by atoms with Crippen molar-refractivity contribution in [3.8, 4) is 6.07 Å². The summed E-state index contributed by atoms with van der Waals surface area (Å²) in [6.45, 7) is 9.74. The highest BCUT2D eigenvalue weighted by Gasteiger charge is 2.21. The lowest BCUT2D eigenvalue weighted by Crippen LogP contribution is -2.40. The molecule has 1 N–H and O–H groups in total. The first-order valence-corrected chi connectivity index (χ1v) is 9.82. The van der Waals surface area contributed by atoms with Crippen LogP contribution in [0.4, 0.5) is 0 Å². The molecule has 1 aromatic rings. The second-order valence-corrected chi connectivity index (χ2v) is 8.97. The molecule has 1 aromatic carbocycles. The fraction of sp³-hybridized carbons (Fsp3) is 0.421. The van der Waals surface area contributed by atoms with Crippen LogP contribution in [-0.2, 0) is 15.3 Å². The van der Waals surface area contributed by atoms with Gasteiger partial charge in [0.1, 0.15) is 11.0 Å². The number of hydrogen-bond donors (Lipinski definition) is 1. The molecule has 1 aliphatic heterocycles. The van der Waals surface area contributed by atoms with Crippen LogP contribution in [-0.4, -0.2) is 39.5 Å². The summed E-state index contributed by atoms with van der Waals surface area (Å²) in [5.74, 6) is 0. The fourth-order valence-electron chi connectivity index (χ4n) is 2.53. The zero-order chi connectivity index (χ0) is 18.5. The summed E-state index contributed by atoms with van der Waals surface area (Å²) in [7, 11) is -3.80. The molecule has 6 heteroatoms. The summed E-state index contributed by atoms with van der Waals surface area (Å²) >= 11 is 0. The molecule has 1 fully saturated rings. The van der Waals surface area contributed by atoms with Crippen LogP contribution < -0.4 is 5.32 Å². The molecule has 0 bridgehead atoms. The normalized spacial score (nSPS) is 16.9. The SMILES string of the molecule is CC(C)(C)c1ccc(S(=O)(=O)C(C#N)=CC=CN2CCNCC2)cc1. The maximum Gasteiger partial charge on any atom is 0.216 e. The molecule has 0 spiro atoms. The van der Waals surface area contributed by atoms with E-state index in [0.717, 1.165) is 31.7 Å². The van der Waals surface area contributed by atoms with Gasteiger partial charge in [0.2, 0.25) is 9.84 Å². The van der Waals surface area contributed by atoms with E-state index in [0.29, 0.717) is 0 Å². The Balaban J connectivity index is 2.21. The Morgan fingerprint density at radius 3 is 2.32 bits per heavy atom. The van der Waals surface area contributed by atoms with Crippen LogP contribution in [0.3, 0.4) is 0 Å². The van der Waals surface area contributed by atoms with E-state index in [-0.39, 0.29) is 15.2 Å². The van der Waals surface area contributed by atoms with Gasteiger partial charge in [-0.05, 0) is 41.5 Å². The zero-order valence-corrected chi connectivity index (χ0v) is 15.8. The lowest BCUT2D eigenvalue weighted by molar-refractivity contribution is 0.324. The van der Waals surface area contributed by atoms with Gasteiger partial charge in [0.15, 0.2) is 0 Å². The molecular formula is C19H25N3O2S. The second-order valence-electron chi connectivity index (χ2n) is 7.05. The molecule has 1 aliphatic rings. The molecule has 5 nitrogen and oxygen atoms in total. The number of nitrogens with one attached hydrogen (secondary N) is 1. The maximum atomic E-state index is 12.7. The molecule has 0 radical (unpaired) electrons. The van der Waals surface area contributed by atoms with E-state index in [4.69, 9.17) is 0 Å². The highest BCUT2D eigenvalue weighted by molar-refractivity contribution is 7.95. The van der Waals surface area contributed by atoms with Gasteiger partial charge in [-0.3, -0.25) is 0 Å². The van der Waals surface area contributed by atoms with Gasteiger partial charge in [-0.2, -0.15) is 5.26 Å². The van der Waals surface area contributed by atoms with E-state index in [2.05, 4.69) is 31.0 Å². The largest absolute Gasteiger partial charge is 0.375 e. The first kappa shape index (κ1) is 19.2. The highest BCUT2D eigenvalue weighted by atomic mass is 32.2. The predicted molar refractivity (Wildman–Crippen MR) is 99.6 cm³/mol. The van der Waals surface area contributed by atoms with Crippen molar-refractivity contribution in [3.05, 3.63) is 53.1 Å². The van der Waals surface area contributed by atoms with E-state index in [9.17, 15) is 13.7 Å². The Morgan fingerprint density at radius 1 is 1.20 bits per heavy atom. The molecule has 1 saturated heterocycles. The Hall–Kier alpha value is -2.10. The minimum absolute atomic E-state index is 0.0533. The van der Waals surface area contributed by atoms with Crippen molar-refractivity contribution in [2.24, 2.45) is 0 Å². The van der Waals surface area contributed by atoms with Crippen LogP contribution in [0, 0.1) is 11.3 Å². The van der Waals surface area contributed by atoms with Crippen molar-refractivity contribution < 1.29 is 8.42 Å². The monoisotopic (exact) mass is 359 g/mol. The summed E-state index contributed by atoms with van der Waals surface area (Å²) in [5, 5.41) is 12.5. The Labute approximate surface area is 150 Å². The molecule has 1 heterocycles. The number of rotatable bonds is 4. The summed E-state index contributed by atoms with van der Waals surface area (Å²) in [6, 6.07) is 8.56. The lowest BCUT2D eigenvalue weighted by atomic mass is 9.87. The number of piperazine rings is 1. The first-order valence-electron chi connectivity index (χ1n) is 8.34. The minimum atomic E-state index is -3.80. The summed E-state index contributed by atoms with van der Waals surface area (Å²) < 4.78 is 25.3. The van der Waals surface area contributed by atoms with Gasteiger partial charge in [-0.1, -0.05) is 32.9 Å². The van der Waals surface area contributed by atoms with Gasteiger partial charge in [-0.25, -0.2) is 8.42 Å². The van der Waals surface area contributed by atoms with E-state index in [1.54, 1.807) is 30.3 Å². The van der Waals surface area contributed by atoms with Gasteiger partial charge < -0.3 is 10.2 Å². The first-order chi connectivity index (χ1) is 11.7.